The van der Waals surface area contributed by atoms with Crippen LogP contribution in [0.3, 0.4) is 0 Å². The van der Waals surface area contributed by atoms with Gasteiger partial charge in [-0.05, 0) is 29.5 Å². The van der Waals surface area contributed by atoms with Crippen LogP contribution < -0.4 is 10.6 Å². The van der Waals surface area contributed by atoms with Gasteiger partial charge in [-0.25, -0.2) is 0 Å². The minimum atomic E-state index is 0.176. The van der Waals surface area contributed by atoms with Gasteiger partial charge < -0.3 is 10.6 Å². The molecule has 0 radical (unpaired) electrons. The van der Waals surface area contributed by atoms with Crippen LogP contribution in [0, 0.1) is 0 Å². The second-order valence-electron chi connectivity index (χ2n) is 5.45. The second-order valence-corrected chi connectivity index (χ2v) is 5.45. The Morgan fingerprint density at radius 1 is 1.25 bits per heavy atom. The Labute approximate surface area is 99.5 Å². The lowest BCUT2D eigenvalue weighted by Gasteiger charge is -2.25. The van der Waals surface area contributed by atoms with Gasteiger partial charge in [0.05, 0.1) is 11.4 Å². The van der Waals surface area contributed by atoms with E-state index in [1.54, 1.807) is 0 Å². The fourth-order valence-corrected chi connectivity index (χ4v) is 1.80. The molecule has 0 spiro atoms. The summed E-state index contributed by atoms with van der Waals surface area (Å²) in [5.41, 5.74) is 9.54. The van der Waals surface area contributed by atoms with Crippen LogP contribution in [-0.2, 0) is 5.41 Å². The molecule has 0 saturated carbocycles. The van der Waals surface area contributed by atoms with Gasteiger partial charge in [0, 0.05) is 13.6 Å². The van der Waals surface area contributed by atoms with Gasteiger partial charge in [0.25, 0.3) is 0 Å². The van der Waals surface area contributed by atoms with Crippen molar-refractivity contribution in [2.45, 2.75) is 39.5 Å². The Balaban J connectivity index is 3.09. The number of benzene rings is 1. The molecule has 16 heavy (non-hydrogen) atoms. The highest BCUT2D eigenvalue weighted by molar-refractivity contribution is 5.68. The van der Waals surface area contributed by atoms with E-state index in [1.807, 2.05) is 6.07 Å². The molecule has 90 valence electrons. The van der Waals surface area contributed by atoms with E-state index in [4.69, 9.17) is 5.73 Å². The molecule has 2 heteroatoms. The Bertz CT molecular complexity index is 350. The van der Waals surface area contributed by atoms with Gasteiger partial charge in [0.15, 0.2) is 0 Å². The Hall–Kier alpha value is -1.18. The van der Waals surface area contributed by atoms with Crippen molar-refractivity contribution >= 4 is 11.4 Å². The Kier molecular flexibility index (Phi) is 3.84. The van der Waals surface area contributed by atoms with Crippen molar-refractivity contribution in [1.29, 1.82) is 0 Å². The quantitative estimate of drug-likeness (QED) is 0.791. The average Bonchev–Trinajstić information content (AvgIpc) is 2.16. The molecule has 1 rings (SSSR count). The van der Waals surface area contributed by atoms with Crippen molar-refractivity contribution in [3.8, 4) is 0 Å². The summed E-state index contributed by atoms with van der Waals surface area (Å²) in [5, 5.41) is 0. The highest BCUT2D eigenvalue weighted by atomic mass is 15.1. The molecule has 0 saturated heterocycles. The van der Waals surface area contributed by atoms with Gasteiger partial charge in [-0.3, -0.25) is 0 Å². The first-order chi connectivity index (χ1) is 7.36. The van der Waals surface area contributed by atoms with E-state index in [1.165, 1.54) is 5.56 Å². The van der Waals surface area contributed by atoms with Gasteiger partial charge >= 0.3 is 0 Å². The summed E-state index contributed by atoms with van der Waals surface area (Å²) in [6.07, 6.45) is 1.13. The highest BCUT2D eigenvalue weighted by Gasteiger charge is 2.15. The lowest BCUT2D eigenvalue weighted by molar-refractivity contribution is 0.590. The molecule has 1 aromatic carbocycles. The van der Waals surface area contributed by atoms with Crippen LogP contribution in [0.1, 0.15) is 39.7 Å². The first-order valence-corrected chi connectivity index (χ1v) is 5.97. The van der Waals surface area contributed by atoms with Crippen molar-refractivity contribution < 1.29 is 0 Å². The normalized spacial score (nSPS) is 11.6. The lowest BCUT2D eigenvalue weighted by atomic mass is 9.86. The molecule has 0 amide bonds. The fourth-order valence-electron chi connectivity index (χ4n) is 1.80. The number of rotatable bonds is 3. The van der Waals surface area contributed by atoms with Crippen LogP contribution in [0.15, 0.2) is 18.2 Å². The van der Waals surface area contributed by atoms with E-state index in [0.717, 1.165) is 24.3 Å². The van der Waals surface area contributed by atoms with Gasteiger partial charge in [0.2, 0.25) is 0 Å². The summed E-state index contributed by atoms with van der Waals surface area (Å²) < 4.78 is 0. The van der Waals surface area contributed by atoms with Gasteiger partial charge in [-0.1, -0.05) is 33.8 Å². The summed E-state index contributed by atoms with van der Waals surface area (Å²) in [4.78, 5) is 2.23. The highest BCUT2D eigenvalue weighted by Crippen LogP contribution is 2.30. The number of nitrogen functional groups attached to an aromatic ring is 1. The molecule has 0 atom stereocenters. The molecule has 0 aliphatic rings. The molecule has 1 aromatic rings. The van der Waals surface area contributed by atoms with Crippen LogP contribution in [0.4, 0.5) is 11.4 Å². The third-order valence-corrected chi connectivity index (χ3v) is 2.87. The van der Waals surface area contributed by atoms with E-state index < -0.39 is 0 Å². The largest absolute Gasteiger partial charge is 0.397 e. The predicted octanol–water partition coefficient (Wildman–Crippen LogP) is 3.41. The van der Waals surface area contributed by atoms with Crippen molar-refractivity contribution in [3.05, 3.63) is 23.8 Å². The van der Waals surface area contributed by atoms with E-state index in [2.05, 4.69) is 51.8 Å². The monoisotopic (exact) mass is 220 g/mol. The zero-order valence-electron chi connectivity index (χ0n) is 11.2. The molecule has 0 aliphatic heterocycles. The molecule has 0 heterocycles. The first-order valence-electron chi connectivity index (χ1n) is 5.97. The van der Waals surface area contributed by atoms with Gasteiger partial charge in [0.1, 0.15) is 0 Å². The summed E-state index contributed by atoms with van der Waals surface area (Å²) in [6, 6.07) is 6.35. The zero-order chi connectivity index (χ0) is 12.3. The SMILES string of the molecule is CCCN(C)c1cc(C(C)(C)C)ccc1N. The molecule has 0 aromatic heterocycles. The van der Waals surface area contributed by atoms with E-state index in [0.29, 0.717) is 0 Å². The van der Waals surface area contributed by atoms with Crippen molar-refractivity contribution in [3.63, 3.8) is 0 Å². The maximum Gasteiger partial charge on any atom is 0.0600 e. The van der Waals surface area contributed by atoms with Crippen LogP contribution in [0.5, 0.6) is 0 Å². The molecular weight excluding hydrogens is 196 g/mol. The topological polar surface area (TPSA) is 29.3 Å². The number of nitrogens with two attached hydrogens (primary N) is 1. The molecular formula is C14H24N2. The molecule has 2 N–H and O–H groups in total. The molecule has 0 fully saturated rings. The van der Waals surface area contributed by atoms with Crippen LogP contribution in [0.25, 0.3) is 0 Å². The fraction of sp³-hybridized carbons (Fsp3) is 0.571. The minimum absolute atomic E-state index is 0.176. The predicted molar refractivity (Wildman–Crippen MR) is 73.1 cm³/mol. The van der Waals surface area contributed by atoms with Crippen LogP contribution >= 0.6 is 0 Å². The van der Waals surface area contributed by atoms with Crippen molar-refractivity contribution in [2.24, 2.45) is 0 Å². The number of hydrogen-bond donors (Lipinski definition) is 1. The number of nitrogens with zero attached hydrogens (tertiary/aromatic N) is 1. The van der Waals surface area contributed by atoms with E-state index in [-0.39, 0.29) is 5.41 Å². The van der Waals surface area contributed by atoms with E-state index >= 15 is 0 Å². The third kappa shape index (κ3) is 2.91. The summed E-state index contributed by atoms with van der Waals surface area (Å²) in [7, 11) is 2.10. The lowest BCUT2D eigenvalue weighted by Crippen LogP contribution is -2.20. The third-order valence-electron chi connectivity index (χ3n) is 2.87. The minimum Gasteiger partial charge on any atom is -0.397 e. The van der Waals surface area contributed by atoms with E-state index in [9.17, 15) is 0 Å². The maximum absolute atomic E-state index is 6.02. The van der Waals surface area contributed by atoms with Crippen LogP contribution in [0.2, 0.25) is 0 Å². The first kappa shape index (κ1) is 12.9. The summed E-state index contributed by atoms with van der Waals surface area (Å²) >= 11 is 0. The maximum atomic E-state index is 6.02. The zero-order valence-corrected chi connectivity index (χ0v) is 11.2. The standard InChI is InChI=1S/C14H24N2/c1-6-9-16(5)13-10-11(14(2,3)4)7-8-12(13)15/h7-8,10H,6,9,15H2,1-5H3. The Morgan fingerprint density at radius 3 is 2.38 bits per heavy atom. The van der Waals surface area contributed by atoms with Crippen LogP contribution in [-0.4, -0.2) is 13.6 Å². The Morgan fingerprint density at radius 2 is 1.88 bits per heavy atom. The molecule has 0 bridgehead atoms. The van der Waals surface area contributed by atoms with Crippen molar-refractivity contribution in [1.82, 2.24) is 0 Å². The molecule has 0 aliphatic carbocycles. The summed E-state index contributed by atoms with van der Waals surface area (Å²) in [6.45, 7) is 9.89. The summed E-state index contributed by atoms with van der Waals surface area (Å²) in [5.74, 6) is 0. The smallest absolute Gasteiger partial charge is 0.0600 e. The van der Waals surface area contributed by atoms with Gasteiger partial charge in [-0.2, -0.15) is 0 Å². The molecule has 2 nitrogen and oxygen atoms in total. The number of anilines is 2. The van der Waals surface area contributed by atoms with Gasteiger partial charge in [-0.15, -0.1) is 0 Å². The average molecular weight is 220 g/mol. The van der Waals surface area contributed by atoms with Crippen molar-refractivity contribution in [2.75, 3.05) is 24.2 Å². The second kappa shape index (κ2) is 4.77. The number of hydrogen-bond acceptors (Lipinski definition) is 2. The molecule has 0 unspecified atom stereocenters.